The minimum absolute atomic E-state index is 0.110. The summed E-state index contributed by atoms with van der Waals surface area (Å²) in [4.78, 5) is 0. The maximum absolute atomic E-state index is 5.73. The highest BCUT2D eigenvalue weighted by atomic mass is 15.3. The van der Waals surface area contributed by atoms with Crippen LogP contribution in [0.1, 0.15) is 43.8 Å². The summed E-state index contributed by atoms with van der Waals surface area (Å²) in [6.07, 6.45) is 7.86. The van der Waals surface area contributed by atoms with Crippen LogP contribution in [0, 0.1) is 0 Å². The molecular formula is C9H15N3. The second-order valence-corrected chi connectivity index (χ2v) is 3.63. The Balaban J connectivity index is 2.12. The van der Waals surface area contributed by atoms with Gasteiger partial charge in [-0.3, -0.25) is 4.68 Å². The van der Waals surface area contributed by atoms with E-state index in [0.717, 1.165) is 5.56 Å². The molecule has 2 rings (SSSR count). The molecule has 0 spiro atoms. The second kappa shape index (κ2) is 2.90. The van der Waals surface area contributed by atoms with Gasteiger partial charge in [-0.1, -0.05) is 0 Å². The van der Waals surface area contributed by atoms with Gasteiger partial charge in [0.15, 0.2) is 0 Å². The molecule has 3 heteroatoms. The van der Waals surface area contributed by atoms with E-state index in [1.807, 2.05) is 13.1 Å². The number of rotatable bonds is 2. The van der Waals surface area contributed by atoms with Gasteiger partial charge in [-0.25, -0.2) is 0 Å². The van der Waals surface area contributed by atoms with E-state index < -0.39 is 0 Å². The summed E-state index contributed by atoms with van der Waals surface area (Å²) in [5.41, 5.74) is 6.87. The molecule has 66 valence electrons. The molecule has 12 heavy (non-hydrogen) atoms. The third-order valence-corrected chi connectivity index (χ3v) is 2.60. The molecule has 1 fully saturated rings. The Hall–Kier alpha value is -0.830. The highest BCUT2D eigenvalue weighted by Crippen LogP contribution is 2.31. The first-order chi connectivity index (χ1) is 5.77. The van der Waals surface area contributed by atoms with Crippen molar-refractivity contribution in [2.75, 3.05) is 0 Å². The van der Waals surface area contributed by atoms with Crippen molar-refractivity contribution in [3.8, 4) is 0 Å². The van der Waals surface area contributed by atoms with Gasteiger partial charge in [-0.2, -0.15) is 5.10 Å². The van der Waals surface area contributed by atoms with Crippen LogP contribution >= 0.6 is 0 Å². The highest BCUT2D eigenvalue weighted by Gasteiger charge is 2.20. The Morgan fingerprint density at radius 3 is 2.83 bits per heavy atom. The van der Waals surface area contributed by atoms with Gasteiger partial charge in [0.05, 0.1) is 12.2 Å². The maximum atomic E-state index is 5.73. The summed E-state index contributed by atoms with van der Waals surface area (Å²) in [6.45, 7) is 1.99. The average Bonchev–Trinajstić information content (AvgIpc) is 2.32. The summed E-state index contributed by atoms with van der Waals surface area (Å²) in [6, 6.07) is 0.760. The van der Waals surface area contributed by atoms with Crippen molar-refractivity contribution in [2.24, 2.45) is 5.73 Å². The van der Waals surface area contributed by atoms with Crippen LogP contribution in [0.5, 0.6) is 0 Å². The molecule has 3 nitrogen and oxygen atoms in total. The number of nitrogens with zero attached hydrogens (tertiary/aromatic N) is 2. The number of hydrogen-bond donors (Lipinski definition) is 1. The van der Waals surface area contributed by atoms with Crippen LogP contribution in [0.4, 0.5) is 0 Å². The third-order valence-electron chi connectivity index (χ3n) is 2.60. The first kappa shape index (κ1) is 7.80. The zero-order chi connectivity index (χ0) is 8.55. The van der Waals surface area contributed by atoms with Gasteiger partial charge in [0, 0.05) is 17.8 Å². The van der Waals surface area contributed by atoms with Crippen LogP contribution in [0.2, 0.25) is 0 Å². The SMILES string of the molecule is C[C@H](N)c1cnn(C2CCC2)c1. The van der Waals surface area contributed by atoms with Crippen LogP contribution in [0.15, 0.2) is 12.4 Å². The molecule has 2 N–H and O–H groups in total. The lowest BCUT2D eigenvalue weighted by Gasteiger charge is -2.25. The third kappa shape index (κ3) is 1.25. The largest absolute Gasteiger partial charge is 0.324 e. The van der Waals surface area contributed by atoms with Crippen molar-refractivity contribution >= 4 is 0 Å². The monoisotopic (exact) mass is 165 g/mol. The molecule has 1 aliphatic carbocycles. The normalized spacial score (nSPS) is 20.5. The van der Waals surface area contributed by atoms with Gasteiger partial charge in [0.25, 0.3) is 0 Å². The molecule has 1 aliphatic rings. The number of aromatic nitrogens is 2. The van der Waals surface area contributed by atoms with E-state index in [1.165, 1.54) is 19.3 Å². The van der Waals surface area contributed by atoms with E-state index in [0.29, 0.717) is 6.04 Å². The van der Waals surface area contributed by atoms with Gasteiger partial charge in [0.2, 0.25) is 0 Å². The zero-order valence-corrected chi connectivity index (χ0v) is 7.40. The Morgan fingerprint density at radius 1 is 1.67 bits per heavy atom. The maximum Gasteiger partial charge on any atom is 0.0537 e. The molecule has 1 aromatic rings. The van der Waals surface area contributed by atoms with Crippen LogP contribution in [-0.4, -0.2) is 9.78 Å². The first-order valence-electron chi connectivity index (χ1n) is 4.57. The molecule has 0 bridgehead atoms. The van der Waals surface area contributed by atoms with E-state index >= 15 is 0 Å². The summed E-state index contributed by atoms with van der Waals surface area (Å²) >= 11 is 0. The fraction of sp³-hybridized carbons (Fsp3) is 0.667. The lowest BCUT2D eigenvalue weighted by atomic mass is 9.93. The van der Waals surface area contributed by atoms with E-state index in [1.54, 1.807) is 0 Å². The molecule has 0 amide bonds. The Morgan fingerprint density at radius 2 is 2.42 bits per heavy atom. The number of hydrogen-bond acceptors (Lipinski definition) is 2. The van der Waals surface area contributed by atoms with Crippen LogP contribution in [0.3, 0.4) is 0 Å². The predicted octanol–water partition coefficient (Wildman–Crippen LogP) is 1.63. The molecule has 0 radical (unpaired) electrons. The van der Waals surface area contributed by atoms with Crippen molar-refractivity contribution in [3.05, 3.63) is 18.0 Å². The van der Waals surface area contributed by atoms with Gasteiger partial charge in [-0.15, -0.1) is 0 Å². The molecular weight excluding hydrogens is 150 g/mol. The van der Waals surface area contributed by atoms with Gasteiger partial charge in [-0.05, 0) is 26.2 Å². The Kier molecular flexibility index (Phi) is 1.89. The molecule has 1 aromatic heterocycles. The second-order valence-electron chi connectivity index (χ2n) is 3.63. The summed E-state index contributed by atoms with van der Waals surface area (Å²) < 4.78 is 2.06. The van der Waals surface area contributed by atoms with Crippen LogP contribution in [0.25, 0.3) is 0 Å². The summed E-state index contributed by atoms with van der Waals surface area (Å²) in [7, 11) is 0. The minimum atomic E-state index is 0.110. The molecule has 0 unspecified atom stereocenters. The zero-order valence-electron chi connectivity index (χ0n) is 7.40. The van der Waals surface area contributed by atoms with E-state index in [4.69, 9.17) is 5.73 Å². The number of nitrogens with two attached hydrogens (primary N) is 1. The average molecular weight is 165 g/mol. The minimum Gasteiger partial charge on any atom is -0.324 e. The fourth-order valence-corrected chi connectivity index (χ4v) is 1.44. The smallest absolute Gasteiger partial charge is 0.0537 e. The van der Waals surface area contributed by atoms with E-state index in [-0.39, 0.29) is 6.04 Å². The molecule has 1 saturated carbocycles. The van der Waals surface area contributed by atoms with E-state index in [2.05, 4.69) is 16.0 Å². The van der Waals surface area contributed by atoms with E-state index in [9.17, 15) is 0 Å². The lowest BCUT2D eigenvalue weighted by molar-refractivity contribution is 0.289. The lowest BCUT2D eigenvalue weighted by Crippen LogP contribution is -2.17. The predicted molar refractivity (Wildman–Crippen MR) is 47.7 cm³/mol. The molecule has 1 heterocycles. The quantitative estimate of drug-likeness (QED) is 0.723. The van der Waals surface area contributed by atoms with Gasteiger partial charge in [0.1, 0.15) is 0 Å². The van der Waals surface area contributed by atoms with Gasteiger partial charge < -0.3 is 5.73 Å². The Bertz CT molecular complexity index is 260. The molecule has 0 aromatic carbocycles. The van der Waals surface area contributed by atoms with Crippen molar-refractivity contribution in [1.82, 2.24) is 9.78 Å². The molecule has 0 saturated heterocycles. The highest BCUT2D eigenvalue weighted by molar-refractivity contribution is 5.09. The fourth-order valence-electron chi connectivity index (χ4n) is 1.44. The van der Waals surface area contributed by atoms with Crippen molar-refractivity contribution in [2.45, 2.75) is 38.3 Å². The summed E-state index contributed by atoms with van der Waals surface area (Å²) in [5.74, 6) is 0. The summed E-state index contributed by atoms with van der Waals surface area (Å²) in [5, 5.41) is 4.30. The van der Waals surface area contributed by atoms with Crippen molar-refractivity contribution in [3.63, 3.8) is 0 Å². The molecule has 1 atom stereocenters. The Labute approximate surface area is 72.6 Å². The van der Waals surface area contributed by atoms with Gasteiger partial charge >= 0.3 is 0 Å². The topological polar surface area (TPSA) is 43.8 Å². The van der Waals surface area contributed by atoms with Crippen LogP contribution in [-0.2, 0) is 0 Å². The van der Waals surface area contributed by atoms with Crippen LogP contribution < -0.4 is 5.73 Å². The van der Waals surface area contributed by atoms with Crippen molar-refractivity contribution < 1.29 is 0 Å². The first-order valence-corrected chi connectivity index (χ1v) is 4.57. The standard InChI is InChI=1S/C9H15N3/c1-7(10)8-5-11-12(6-8)9-3-2-4-9/h5-7,9H,2-4,10H2,1H3/t7-/m0/s1. The molecule has 0 aliphatic heterocycles. The van der Waals surface area contributed by atoms with Crippen molar-refractivity contribution in [1.29, 1.82) is 0 Å².